The summed E-state index contributed by atoms with van der Waals surface area (Å²) in [5.74, 6) is -0.743. The van der Waals surface area contributed by atoms with Crippen molar-refractivity contribution in [1.29, 1.82) is 0 Å². The number of carboxylic acid groups (broad SMARTS) is 1. The zero-order valence-corrected chi connectivity index (χ0v) is 28.1. The number of rotatable bonds is 8. The molecule has 0 unspecified atom stereocenters. The number of hydrogen-bond donors (Lipinski definition) is 1. The highest BCUT2D eigenvalue weighted by atomic mass is 19.1. The van der Waals surface area contributed by atoms with Gasteiger partial charge in [-0.25, -0.2) is 9.18 Å². The minimum atomic E-state index is -1.14. The topological polar surface area (TPSA) is 75.1 Å². The van der Waals surface area contributed by atoms with E-state index in [0.29, 0.717) is 23.6 Å². The fraction of sp³-hybridized carbons (Fsp3) is 0.514. The average molecular weight is 618 g/mol. The summed E-state index contributed by atoms with van der Waals surface area (Å²) in [4.78, 5) is 22.5. The van der Waals surface area contributed by atoms with Crippen LogP contribution >= 0.6 is 0 Å². The van der Waals surface area contributed by atoms with Crippen molar-refractivity contribution < 1.29 is 23.8 Å². The molecule has 3 aromatic rings. The Morgan fingerprint density at radius 1 is 1.04 bits per heavy atom. The summed E-state index contributed by atoms with van der Waals surface area (Å²) in [5.41, 5.74) is 8.28. The van der Waals surface area contributed by atoms with Crippen LogP contribution in [-0.2, 0) is 29.0 Å². The number of anilines is 1. The Balaban J connectivity index is 1.55. The van der Waals surface area contributed by atoms with E-state index < -0.39 is 17.7 Å². The smallest absolute Gasteiger partial charge is 0.337 e. The van der Waals surface area contributed by atoms with Crippen molar-refractivity contribution in [3.05, 3.63) is 75.9 Å². The van der Waals surface area contributed by atoms with E-state index in [1.807, 2.05) is 34.6 Å². The monoisotopic (exact) mass is 617 g/mol. The van der Waals surface area contributed by atoms with Gasteiger partial charge in [-0.15, -0.1) is 0 Å². The predicted molar refractivity (Wildman–Crippen MR) is 176 cm³/mol. The Morgan fingerprint density at radius 2 is 1.76 bits per heavy atom. The van der Waals surface area contributed by atoms with Gasteiger partial charge in [0.15, 0.2) is 6.10 Å². The Bertz CT molecular complexity index is 1570. The number of benzene rings is 2. The Morgan fingerprint density at radius 3 is 2.40 bits per heavy atom. The van der Waals surface area contributed by atoms with Crippen LogP contribution in [0.2, 0.25) is 0 Å². The molecule has 1 N–H and O–H groups in total. The van der Waals surface area contributed by atoms with E-state index in [1.165, 1.54) is 23.3 Å². The van der Waals surface area contributed by atoms with Gasteiger partial charge in [-0.1, -0.05) is 38.1 Å². The van der Waals surface area contributed by atoms with Crippen molar-refractivity contribution in [2.45, 2.75) is 92.5 Å². The van der Waals surface area contributed by atoms with Gasteiger partial charge >= 0.3 is 5.97 Å². The summed E-state index contributed by atoms with van der Waals surface area (Å²) in [5, 5.41) is 10.5. The standard InChI is InChI=1S/C37H48FN3O4/c1-23-31(26-9-10-27-21-40(16-13-25(27)19-26)22-28-11-12-29(38)20-30(28)44-8)33(41-17-14-37(6,7)15-18-41)32(24(2)39-23)34(35(42)43)45-36(3,4)5/h9-12,19-20,34H,13-18,21-22H2,1-8H3,(H,42,43)/t34-/m0/s1. The number of halogens is 1. The maximum absolute atomic E-state index is 13.8. The van der Waals surface area contributed by atoms with E-state index in [2.05, 4.69) is 41.8 Å². The van der Waals surface area contributed by atoms with Crippen molar-refractivity contribution in [3.63, 3.8) is 0 Å². The molecule has 8 heteroatoms. The molecule has 1 atom stereocenters. The SMILES string of the molecule is COc1cc(F)ccc1CN1CCc2cc(-c3c(C)nc(C)c([C@H](OC(C)(C)C)C(=O)O)c3N3CCC(C)(C)CC3)ccc2C1. The number of pyridine rings is 1. The molecule has 1 saturated heterocycles. The van der Waals surface area contributed by atoms with E-state index >= 15 is 0 Å². The van der Waals surface area contributed by atoms with Crippen LogP contribution in [0.25, 0.3) is 11.1 Å². The number of aromatic nitrogens is 1. The highest BCUT2D eigenvalue weighted by molar-refractivity contribution is 5.88. The van der Waals surface area contributed by atoms with Gasteiger partial charge < -0.3 is 19.5 Å². The van der Waals surface area contributed by atoms with Gasteiger partial charge in [0.05, 0.1) is 18.4 Å². The zero-order chi connectivity index (χ0) is 32.7. The molecule has 1 aromatic heterocycles. The zero-order valence-electron chi connectivity index (χ0n) is 28.1. The maximum atomic E-state index is 13.8. The lowest BCUT2D eigenvalue weighted by Gasteiger charge is -2.41. The summed E-state index contributed by atoms with van der Waals surface area (Å²) in [7, 11) is 1.57. The summed E-state index contributed by atoms with van der Waals surface area (Å²) in [6.07, 6.45) is 1.76. The lowest BCUT2D eigenvalue weighted by atomic mass is 9.81. The first-order chi connectivity index (χ1) is 21.2. The fourth-order valence-corrected chi connectivity index (χ4v) is 6.75. The summed E-state index contributed by atoms with van der Waals surface area (Å²) in [6, 6.07) is 11.3. The van der Waals surface area contributed by atoms with Gasteiger partial charge in [0.2, 0.25) is 0 Å². The van der Waals surface area contributed by atoms with Crippen molar-refractivity contribution >= 4 is 11.7 Å². The molecular formula is C37H48FN3O4. The maximum Gasteiger partial charge on any atom is 0.337 e. The van der Waals surface area contributed by atoms with Crippen LogP contribution < -0.4 is 9.64 Å². The van der Waals surface area contributed by atoms with Gasteiger partial charge in [-0.3, -0.25) is 9.88 Å². The average Bonchev–Trinajstić information content (AvgIpc) is 2.96. The van der Waals surface area contributed by atoms with Crippen LogP contribution in [0.1, 0.15) is 87.2 Å². The van der Waals surface area contributed by atoms with Gasteiger partial charge in [0.25, 0.3) is 0 Å². The van der Waals surface area contributed by atoms with Crippen molar-refractivity contribution in [1.82, 2.24) is 9.88 Å². The molecule has 3 heterocycles. The van der Waals surface area contributed by atoms with Crippen LogP contribution in [0, 0.1) is 25.1 Å². The number of aryl methyl sites for hydroxylation is 2. The number of piperidine rings is 1. The number of aliphatic carboxylic acids is 1. The second kappa shape index (κ2) is 12.7. The third-order valence-electron chi connectivity index (χ3n) is 9.20. The Hall–Kier alpha value is -3.49. The first-order valence-corrected chi connectivity index (χ1v) is 16.0. The van der Waals surface area contributed by atoms with Crippen LogP contribution in [0.5, 0.6) is 5.75 Å². The molecule has 0 saturated carbocycles. The normalized spacial score (nSPS) is 17.6. The molecule has 0 amide bonds. The number of nitrogens with zero attached hydrogens (tertiary/aromatic N) is 3. The summed E-state index contributed by atoms with van der Waals surface area (Å²) >= 11 is 0. The van der Waals surface area contributed by atoms with E-state index in [1.54, 1.807) is 13.2 Å². The van der Waals surface area contributed by atoms with E-state index in [0.717, 1.165) is 73.5 Å². The minimum Gasteiger partial charge on any atom is -0.496 e. The number of carboxylic acids is 1. The largest absolute Gasteiger partial charge is 0.496 e. The first kappa shape index (κ1) is 32.9. The first-order valence-electron chi connectivity index (χ1n) is 16.0. The molecule has 0 radical (unpaired) electrons. The van der Waals surface area contributed by atoms with Gasteiger partial charge in [0, 0.05) is 66.9 Å². The molecule has 2 aliphatic heterocycles. The fourth-order valence-electron chi connectivity index (χ4n) is 6.75. The van der Waals surface area contributed by atoms with Crippen LogP contribution in [0.4, 0.5) is 10.1 Å². The summed E-state index contributed by atoms with van der Waals surface area (Å²) in [6.45, 7) is 18.2. The number of fused-ring (bicyclic) bond motifs is 1. The molecule has 7 nitrogen and oxygen atoms in total. The molecular weight excluding hydrogens is 569 g/mol. The highest BCUT2D eigenvalue weighted by Gasteiger charge is 2.36. The second-order valence-electron chi connectivity index (χ2n) is 14.4. The lowest BCUT2D eigenvalue weighted by molar-refractivity contribution is -0.160. The third-order valence-corrected chi connectivity index (χ3v) is 9.20. The van der Waals surface area contributed by atoms with E-state index in [9.17, 15) is 14.3 Å². The van der Waals surface area contributed by atoms with Crippen molar-refractivity contribution in [2.75, 3.05) is 31.6 Å². The molecule has 2 aliphatic rings. The minimum absolute atomic E-state index is 0.234. The van der Waals surface area contributed by atoms with Crippen molar-refractivity contribution in [3.8, 4) is 16.9 Å². The number of carbonyl (C=O) groups is 1. The third kappa shape index (κ3) is 7.33. The molecule has 45 heavy (non-hydrogen) atoms. The van der Waals surface area contributed by atoms with Crippen LogP contribution in [-0.4, -0.2) is 53.3 Å². The van der Waals surface area contributed by atoms with E-state index in [4.69, 9.17) is 14.5 Å². The molecule has 0 spiro atoms. The number of hydrogen-bond acceptors (Lipinski definition) is 6. The van der Waals surface area contributed by atoms with Crippen LogP contribution in [0.15, 0.2) is 36.4 Å². The highest BCUT2D eigenvalue weighted by Crippen LogP contribution is 2.45. The lowest BCUT2D eigenvalue weighted by Crippen LogP contribution is -2.39. The van der Waals surface area contributed by atoms with Gasteiger partial charge in [-0.2, -0.15) is 0 Å². The molecule has 0 aliphatic carbocycles. The Kier molecular flexibility index (Phi) is 9.30. The molecule has 242 valence electrons. The molecule has 5 rings (SSSR count). The summed E-state index contributed by atoms with van der Waals surface area (Å²) < 4.78 is 25.4. The number of ether oxygens (including phenoxy) is 2. The van der Waals surface area contributed by atoms with Crippen LogP contribution in [0.3, 0.4) is 0 Å². The van der Waals surface area contributed by atoms with E-state index in [-0.39, 0.29) is 11.2 Å². The second-order valence-corrected chi connectivity index (χ2v) is 14.4. The Labute approximate surface area is 267 Å². The predicted octanol–water partition coefficient (Wildman–Crippen LogP) is 7.64. The molecule has 1 fully saturated rings. The quantitative estimate of drug-likeness (QED) is 0.278. The number of methoxy groups -OCH3 is 1. The molecule has 0 bridgehead atoms. The van der Waals surface area contributed by atoms with Gasteiger partial charge in [-0.05, 0) is 82.1 Å². The molecule has 2 aromatic carbocycles. The van der Waals surface area contributed by atoms with Crippen molar-refractivity contribution in [2.24, 2.45) is 5.41 Å². The van der Waals surface area contributed by atoms with Gasteiger partial charge in [0.1, 0.15) is 11.6 Å².